The Morgan fingerprint density at radius 3 is 1.67 bits per heavy atom. The summed E-state index contributed by atoms with van der Waals surface area (Å²) in [5.41, 5.74) is 0. The summed E-state index contributed by atoms with van der Waals surface area (Å²) in [5.74, 6) is 0.274. The molecule has 0 amide bonds. The lowest BCUT2D eigenvalue weighted by Crippen LogP contribution is -2.29. The SMILES string of the molecule is CCN(CC)CCOc1nc(NCCNS(C)(=O)=O)nc(OCCN(CC)CC)n1. The number of rotatable bonds is 17. The summed E-state index contributed by atoms with van der Waals surface area (Å²) in [5, 5.41) is 2.97. The second-order valence-electron chi connectivity index (χ2n) is 6.57. The minimum Gasteiger partial charge on any atom is -0.462 e. The Morgan fingerprint density at radius 2 is 1.27 bits per heavy atom. The van der Waals surface area contributed by atoms with Crippen LogP contribution in [0, 0.1) is 0 Å². The molecule has 12 heteroatoms. The number of sulfonamides is 1. The first kappa shape index (κ1) is 26.3. The number of likely N-dealkylation sites (N-methyl/N-ethyl adjacent to an activating group) is 2. The van der Waals surface area contributed by atoms with Gasteiger partial charge in [0.15, 0.2) is 0 Å². The van der Waals surface area contributed by atoms with Crippen LogP contribution in [0.2, 0.25) is 0 Å². The molecule has 1 aromatic rings. The van der Waals surface area contributed by atoms with Crippen molar-refractivity contribution in [3.05, 3.63) is 0 Å². The van der Waals surface area contributed by atoms with Gasteiger partial charge in [-0.1, -0.05) is 27.7 Å². The van der Waals surface area contributed by atoms with Crippen molar-refractivity contribution in [2.75, 3.05) is 77.1 Å². The highest BCUT2D eigenvalue weighted by molar-refractivity contribution is 7.88. The predicted octanol–water partition coefficient (Wildman–Crippen LogP) is 0.274. The van der Waals surface area contributed by atoms with E-state index in [2.05, 4.69) is 62.5 Å². The van der Waals surface area contributed by atoms with Crippen LogP contribution >= 0.6 is 0 Å². The van der Waals surface area contributed by atoms with Gasteiger partial charge in [0.25, 0.3) is 0 Å². The van der Waals surface area contributed by atoms with Crippen LogP contribution in [0.25, 0.3) is 0 Å². The van der Waals surface area contributed by atoms with Gasteiger partial charge >= 0.3 is 12.0 Å². The van der Waals surface area contributed by atoms with Crippen molar-refractivity contribution in [2.45, 2.75) is 27.7 Å². The molecule has 1 aromatic heterocycles. The maximum atomic E-state index is 11.2. The van der Waals surface area contributed by atoms with E-state index in [1.165, 1.54) is 0 Å². The number of nitrogens with zero attached hydrogens (tertiary/aromatic N) is 5. The fraction of sp³-hybridized carbons (Fsp3) is 0.833. The van der Waals surface area contributed by atoms with Crippen molar-refractivity contribution in [2.24, 2.45) is 0 Å². The smallest absolute Gasteiger partial charge is 0.324 e. The van der Waals surface area contributed by atoms with Gasteiger partial charge in [-0.2, -0.15) is 9.97 Å². The van der Waals surface area contributed by atoms with Gasteiger partial charge in [0.1, 0.15) is 13.2 Å². The summed E-state index contributed by atoms with van der Waals surface area (Å²) in [6.07, 6.45) is 1.11. The first-order chi connectivity index (χ1) is 14.3. The molecule has 30 heavy (non-hydrogen) atoms. The Labute approximate surface area is 180 Å². The van der Waals surface area contributed by atoms with Crippen molar-refractivity contribution in [3.63, 3.8) is 0 Å². The minimum atomic E-state index is -3.25. The zero-order valence-corrected chi connectivity index (χ0v) is 19.7. The number of aromatic nitrogens is 3. The fourth-order valence-corrected chi connectivity index (χ4v) is 3.04. The second kappa shape index (κ2) is 14.3. The summed E-state index contributed by atoms with van der Waals surface area (Å²) in [4.78, 5) is 17.2. The van der Waals surface area contributed by atoms with Gasteiger partial charge in [-0.15, -0.1) is 4.98 Å². The summed E-state index contributed by atoms with van der Waals surface area (Å²) in [6, 6.07) is 0.349. The van der Waals surface area contributed by atoms with Crippen LogP contribution in [-0.2, 0) is 10.0 Å². The van der Waals surface area contributed by atoms with E-state index in [9.17, 15) is 8.42 Å². The molecule has 0 aromatic carbocycles. The van der Waals surface area contributed by atoms with E-state index < -0.39 is 10.0 Å². The lowest BCUT2D eigenvalue weighted by atomic mass is 10.5. The molecular formula is C18H37N7O4S. The third-order valence-electron chi connectivity index (χ3n) is 4.43. The number of hydrogen-bond donors (Lipinski definition) is 2. The van der Waals surface area contributed by atoms with E-state index in [1.807, 2.05) is 0 Å². The van der Waals surface area contributed by atoms with Crippen LogP contribution in [-0.4, -0.2) is 105 Å². The molecule has 0 unspecified atom stereocenters. The van der Waals surface area contributed by atoms with Gasteiger partial charge in [-0.3, -0.25) is 0 Å². The predicted molar refractivity (Wildman–Crippen MR) is 118 cm³/mol. The fourth-order valence-electron chi connectivity index (χ4n) is 2.57. The van der Waals surface area contributed by atoms with Crippen molar-refractivity contribution in [1.82, 2.24) is 29.5 Å². The molecule has 174 valence electrons. The van der Waals surface area contributed by atoms with Crippen molar-refractivity contribution in [1.29, 1.82) is 0 Å². The molecule has 0 bridgehead atoms. The Hall–Kier alpha value is -1.76. The maximum absolute atomic E-state index is 11.2. The molecule has 2 N–H and O–H groups in total. The molecule has 0 radical (unpaired) electrons. The first-order valence-corrected chi connectivity index (χ1v) is 12.3. The number of nitrogens with one attached hydrogen (secondary N) is 2. The molecule has 0 saturated heterocycles. The molecular weight excluding hydrogens is 410 g/mol. The maximum Gasteiger partial charge on any atom is 0.324 e. The van der Waals surface area contributed by atoms with E-state index in [1.54, 1.807) is 0 Å². The van der Waals surface area contributed by atoms with Gasteiger partial charge in [-0.25, -0.2) is 13.1 Å². The van der Waals surface area contributed by atoms with Crippen LogP contribution < -0.4 is 19.5 Å². The Kier molecular flexibility index (Phi) is 12.5. The number of anilines is 1. The molecule has 1 rings (SSSR count). The normalized spacial score (nSPS) is 11.8. The van der Waals surface area contributed by atoms with Crippen LogP contribution in [0.5, 0.6) is 12.0 Å². The van der Waals surface area contributed by atoms with Gasteiger partial charge in [0.05, 0.1) is 6.26 Å². The topological polar surface area (TPSA) is 122 Å². The van der Waals surface area contributed by atoms with Gasteiger partial charge in [0.2, 0.25) is 16.0 Å². The molecule has 0 aliphatic heterocycles. The van der Waals surface area contributed by atoms with Crippen LogP contribution in [0.1, 0.15) is 27.7 Å². The Morgan fingerprint density at radius 1 is 0.800 bits per heavy atom. The van der Waals surface area contributed by atoms with Crippen molar-refractivity contribution < 1.29 is 17.9 Å². The summed E-state index contributed by atoms with van der Waals surface area (Å²) in [7, 11) is -3.25. The summed E-state index contributed by atoms with van der Waals surface area (Å²) in [6.45, 7) is 15.1. The first-order valence-electron chi connectivity index (χ1n) is 10.5. The zero-order chi connectivity index (χ0) is 22.4. The molecule has 0 aliphatic rings. The Bertz CT molecular complexity index is 662. The van der Waals surface area contributed by atoms with Gasteiger partial charge < -0.3 is 24.6 Å². The average molecular weight is 448 g/mol. The quantitative estimate of drug-likeness (QED) is 0.322. The van der Waals surface area contributed by atoms with Crippen LogP contribution in [0.3, 0.4) is 0 Å². The highest BCUT2D eigenvalue weighted by Crippen LogP contribution is 2.13. The molecule has 0 saturated carbocycles. The zero-order valence-electron chi connectivity index (χ0n) is 18.8. The molecule has 0 atom stereocenters. The van der Waals surface area contributed by atoms with Crippen molar-refractivity contribution >= 4 is 16.0 Å². The monoisotopic (exact) mass is 447 g/mol. The lowest BCUT2D eigenvalue weighted by Gasteiger charge is -2.18. The average Bonchev–Trinajstić information content (AvgIpc) is 2.71. The highest BCUT2D eigenvalue weighted by atomic mass is 32.2. The van der Waals surface area contributed by atoms with E-state index in [0.29, 0.717) is 19.8 Å². The van der Waals surface area contributed by atoms with Crippen LogP contribution in [0.4, 0.5) is 5.95 Å². The summed E-state index contributed by atoms with van der Waals surface area (Å²) >= 11 is 0. The number of hydrogen-bond acceptors (Lipinski definition) is 10. The molecule has 0 spiro atoms. The standard InChI is InChI=1S/C18H37N7O4S/c1-6-24(7-2)12-14-28-17-21-16(19-10-11-20-30(5,26)27)22-18(23-17)29-15-13-25(8-3)9-4/h20H,6-15H2,1-5H3,(H,19,21,22,23). The molecule has 0 fully saturated rings. The van der Waals surface area contributed by atoms with Crippen LogP contribution in [0.15, 0.2) is 0 Å². The third-order valence-corrected chi connectivity index (χ3v) is 5.16. The highest BCUT2D eigenvalue weighted by Gasteiger charge is 2.11. The molecule has 11 nitrogen and oxygen atoms in total. The van der Waals surface area contributed by atoms with E-state index in [0.717, 1.165) is 45.5 Å². The van der Waals surface area contributed by atoms with Gasteiger partial charge in [0, 0.05) is 26.2 Å². The lowest BCUT2D eigenvalue weighted by molar-refractivity contribution is 0.197. The van der Waals surface area contributed by atoms with Crippen molar-refractivity contribution in [3.8, 4) is 12.0 Å². The largest absolute Gasteiger partial charge is 0.462 e. The Balaban J connectivity index is 2.73. The van der Waals surface area contributed by atoms with E-state index in [-0.39, 0.29) is 24.5 Å². The number of ether oxygens (including phenoxy) is 2. The van der Waals surface area contributed by atoms with E-state index >= 15 is 0 Å². The molecule has 1 heterocycles. The van der Waals surface area contributed by atoms with Gasteiger partial charge in [-0.05, 0) is 26.2 Å². The summed E-state index contributed by atoms with van der Waals surface area (Å²) < 4.78 is 36.2. The third kappa shape index (κ3) is 11.4. The second-order valence-corrected chi connectivity index (χ2v) is 8.40. The van der Waals surface area contributed by atoms with E-state index in [4.69, 9.17) is 9.47 Å². The minimum absolute atomic E-state index is 0.175. The molecule has 0 aliphatic carbocycles.